The molecule has 2 saturated carbocycles. The number of hydrogen-bond donors (Lipinski definition) is 5. The molecule has 0 radical (unpaired) electrons. The molecule has 6 N–H and O–H groups in total. The summed E-state index contributed by atoms with van der Waals surface area (Å²) in [6, 6.07) is 13.1. The molecule has 10 nitrogen and oxygen atoms in total. The molecule has 3 aliphatic carbocycles. The number of benzene rings is 3. The van der Waals surface area contributed by atoms with Crippen LogP contribution in [0.3, 0.4) is 0 Å². The zero-order valence-electron chi connectivity index (χ0n) is 23.9. The quantitative estimate of drug-likeness (QED) is 0.227. The van der Waals surface area contributed by atoms with Crippen molar-refractivity contribution in [2.45, 2.75) is 37.5 Å². The third kappa shape index (κ3) is 3.90. The van der Waals surface area contributed by atoms with Gasteiger partial charge in [-0.1, -0.05) is 42.5 Å². The number of phenolic OH excluding ortho intramolecular Hbond substituents is 1. The minimum absolute atomic E-state index is 0.0118. The maximum atomic E-state index is 14.1. The second kappa shape index (κ2) is 9.84. The van der Waals surface area contributed by atoms with Crippen molar-refractivity contribution >= 4 is 39.8 Å². The van der Waals surface area contributed by atoms with Crippen LogP contribution in [0.15, 0.2) is 54.1 Å². The van der Waals surface area contributed by atoms with Gasteiger partial charge in [0.25, 0.3) is 0 Å². The van der Waals surface area contributed by atoms with E-state index in [1.54, 1.807) is 31.1 Å². The summed E-state index contributed by atoms with van der Waals surface area (Å²) in [5.41, 5.74) is 5.08. The minimum atomic E-state index is -2.71. The van der Waals surface area contributed by atoms with Gasteiger partial charge in [-0.25, -0.2) is 0 Å². The number of amides is 1. The van der Waals surface area contributed by atoms with E-state index in [1.165, 1.54) is 13.0 Å². The summed E-state index contributed by atoms with van der Waals surface area (Å²) in [5, 5.41) is 46.9. The van der Waals surface area contributed by atoms with E-state index in [4.69, 9.17) is 5.73 Å². The first kappa shape index (κ1) is 28.7. The minimum Gasteiger partial charge on any atom is -0.507 e. The van der Waals surface area contributed by atoms with Crippen molar-refractivity contribution in [3.05, 3.63) is 70.8 Å². The predicted molar refractivity (Wildman–Crippen MR) is 157 cm³/mol. The highest BCUT2D eigenvalue weighted by molar-refractivity contribution is 6.25. The van der Waals surface area contributed by atoms with Gasteiger partial charge in [0.1, 0.15) is 17.4 Å². The van der Waals surface area contributed by atoms with Gasteiger partial charge in [0.15, 0.2) is 17.2 Å². The molecule has 0 heterocycles. The highest BCUT2D eigenvalue weighted by Gasteiger charge is 2.67. The summed E-state index contributed by atoms with van der Waals surface area (Å²) in [6.45, 7) is 1.50. The van der Waals surface area contributed by atoms with Crippen LogP contribution in [-0.2, 0) is 20.8 Å². The molecule has 222 valence electrons. The largest absolute Gasteiger partial charge is 0.507 e. The molecule has 0 aliphatic heterocycles. The van der Waals surface area contributed by atoms with Crippen LogP contribution in [0.1, 0.15) is 34.8 Å². The lowest BCUT2D eigenvalue weighted by atomic mass is 9.54. The maximum Gasteiger partial charge on any atom is 0.230 e. The average molecular weight is 585 g/mol. The number of likely N-dealkylation sites (N-methyl/N-ethyl adjacent to an activating group) is 1. The topological polar surface area (TPSA) is 178 Å². The number of aliphatic hydroxyl groups excluding tert-OH is 2. The Morgan fingerprint density at radius 2 is 1.63 bits per heavy atom. The summed E-state index contributed by atoms with van der Waals surface area (Å²) < 4.78 is 0. The number of rotatable bonds is 4. The Hall–Kier alpha value is -4.38. The first-order valence-electron chi connectivity index (χ1n) is 14.1. The maximum absolute atomic E-state index is 14.1. The van der Waals surface area contributed by atoms with Gasteiger partial charge in [-0.3, -0.25) is 19.2 Å². The molecular weight excluding hydrogens is 552 g/mol. The lowest BCUT2D eigenvalue weighted by Gasteiger charge is -2.53. The molecule has 10 heteroatoms. The molecule has 0 aromatic heterocycles. The third-order valence-electron chi connectivity index (χ3n) is 9.57. The van der Waals surface area contributed by atoms with Crippen LogP contribution in [0.5, 0.6) is 5.75 Å². The number of phenols is 1. The predicted octanol–water partition coefficient (Wildman–Crippen LogP) is 2.15. The second-order valence-corrected chi connectivity index (χ2v) is 12.0. The van der Waals surface area contributed by atoms with E-state index in [2.05, 4.69) is 0 Å². The molecule has 6 rings (SSSR count). The third-order valence-corrected chi connectivity index (χ3v) is 9.57. The molecule has 0 spiro atoms. The summed E-state index contributed by atoms with van der Waals surface area (Å²) >= 11 is 0. The molecule has 0 saturated heterocycles. The van der Waals surface area contributed by atoms with Crippen LogP contribution in [0.4, 0.5) is 0 Å². The standard InChI is InChI=1S/C33H32N2O8/c1-14(36)16-8-9-19(18-7-5-4-6-17(16)18)20-10-11-23(37)25-21(20)12-15-13-22-27(35(2)3)29(39)26(32(34)42)31(41)33(22,43)30(40)24(15)28(25)38/h4-11,15,22,26-27,29,37-39,43H,12-13H2,1-3H3,(H2,34,42)/t15-,22-,26?,27-,29?,33-/m1/s1. The molecule has 3 aliphatic rings. The van der Waals surface area contributed by atoms with Crippen LogP contribution >= 0.6 is 0 Å². The van der Waals surface area contributed by atoms with Crippen molar-refractivity contribution < 1.29 is 39.6 Å². The van der Waals surface area contributed by atoms with Crippen LogP contribution in [0, 0.1) is 17.8 Å². The number of nitrogens with two attached hydrogens (primary N) is 1. The van der Waals surface area contributed by atoms with Gasteiger partial charge in [-0.05, 0) is 73.3 Å². The van der Waals surface area contributed by atoms with Gasteiger partial charge in [0, 0.05) is 23.1 Å². The Morgan fingerprint density at radius 1 is 0.977 bits per heavy atom. The fourth-order valence-electron chi connectivity index (χ4n) is 7.70. The monoisotopic (exact) mass is 584 g/mol. The Kier molecular flexibility index (Phi) is 6.57. The first-order valence-corrected chi connectivity index (χ1v) is 14.1. The number of nitrogens with zero attached hydrogens (tertiary/aromatic N) is 1. The van der Waals surface area contributed by atoms with Crippen molar-refractivity contribution in [3.63, 3.8) is 0 Å². The van der Waals surface area contributed by atoms with E-state index in [1.807, 2.05) is 30.3 Å². The zero-order valence-corrected chi connectivity index (χ0v) is 23.9. The van der Waals surface area contributed by atoms with Crippen LogP contribution in [0.2, 0.25) is 0 Å². The summed E-state index contributed by atoms with van der Waals surface area (Å²) in [6.07, 6.45) is -1.36. The van der Waals surface area contributed by atoms with Gasteiger partial charge in [-0.2, -0.15) is 0 Å². The highest BCUT2D eigenvalue weighted by Crippen LogP contribution is 2.53. The molecule has 1 amide bonds. The summed E-state index contributed by atoms with van der Waals surface area (Å²) in [7, 11) is 3.22. The molecular formula is C33H32N2O8. The molecule has 3 aromatic carbocycles. The van der Waals surface area contributed by atoms with Gasteiger partial charge >= 0.3 is 0 Å². The fraction of sp³-hybridized carbons (Fsp3) is 0.333. The van der Waals surface area contributed by atoms with Gasteiger partial charge < -0.3 is 31.1 Å². The van der Waals surface area contributed by atoms with E-state index in [0.29, 0.717) is 16.7 Å². The van der Waals surface area contributed by atoms with Crippen LogP contribution in [0.25, 0.3) is 27.7 Å². The van der Waals surface area contributed by atoms with Crippen LogP contribution < -0.4 is 5.73 Å². The number of aromatic hydroxyl groups is 1. The first-order chi connectivity index (χ1) is 20.3. The number of carbonyl (C=O) groups excluding carboxylic acids is 4. The van der Waals surface area contributed by atoms with Crippen molar-refractivity contribution in [2.75, 3.05) is 14.1 Å². The van der Waals surface area contributed by atoms with Crippen molar-refractivity contribution in [1.82, 2.24) is 4.90 Å². The molecule has 2 unspecified atom stereocenters. The number of primary amides is 1. The SMILES string of the molecule is CC(=O)c1ccc(-c2ccc(O)c3c2C[C@@H]2C[C@@H]4[C@@H](N(C)C)C(O)C(C(N)=O)C(=O)[C@]4(O)C(=O)C2=C3O)c2ccccc12. The Labute approximate surface area is 247 Å². The number of hydrogen-bond acceptors (Lipinski definition) is 9. The Balaban J connectivity index is 1.56. The number of Topliss-reactive ketones (excluding diaryl/α,β-unsaturated/α-hetero) is 3. The normalized spacial score (nSPS) is 28.5. The molecule has 2 fully saturated rings. The van der Waals surface area contributed by atoms with E-state index in [0.717, 1.165) is 16.3 Å². The number of ketones is 3. The molecule has 6 atom stereocenters. The zero-order chi connectivity index (χ0) is 31.1. The number of fused-ring (bicyclic) bond motifs is 4. The lowest BCUT2D eigenvalue weighted by Crippen LogP contribution is -2.73. The van der Waals surface area contributed by atoms with Gasteiger partial charge in [0.2, 0.25) is 11.7 Å². The highest BCUT2D eigenvalue weighted by atomic mass is 16.3. The smallest absolute Gasteiger partial charge is 0.230 e. The van der Waals surface area contributed by atoms with Crippen LogP contribution in [-0.4, -0.2) is 80.4 Å². The lowest BCUT2D eigenvalue weighted by molar-refractivity contribution is -0.184. The number of aliphatic hydroxyl groups is 3. The van der Waals surface area contributed by atoms with Gasteiger partial charge in [0.05, 0.1) is 11.7 Å². The molecule has 0 bridgehead atoms. The van der Waals surface area contributed by atoms with E-state index in [-0.39, 0.29) is 35.5 Å². The fourth-order valence-corrected chi connectivity index (χ4v) is 7.70. The van der Waals surface area contributed by atoms with E-state index >= 15 is 0 Å². The Morgan fingerprint density at radius 3 is 2.26 bits per heavy atom. The molecule has 3 aromatic rings. The van der Waals surface area contributed by atoms with Crippen molar-refractivity contribution in [1.29, 1.82) is 0 Å². The average Bonchev–Trinajstić information content (AvgIpc) is 2.94. The molecule has 43 heavy (non-hydrogen) atoms. The van der Waals surface area contributed by atoms with E-state index < -0.39 is 58.7 Å². The number of carbonyl (C=O) groups is 4. The summed E-state index contributed by atoms with van der Waals surface area (Å²) in [5.74, 6) is -7.96. The second-order valence-electron chi connectivity index (χ2n) is 12.0. The van der Waals surface area contributed by atoms with Gasteiger partial charge in [-0.15, -0.1) is 0 Å². The van der Waals surface area contributed by atoms with E-state index in [9.17, 15) is 39.6 Å². The summed E-state index contributed by atoms with van der Waals surface area (Å²) in [4.78, 5) is 53.7. The van der Waals surface area contributed by atoms with Crippen molar-refractivity contribution in [2.24, 2.45) is 23.5 Å². The van der Waals surface area contributed by atoms with Crippen molar-refractivity contribution in [3.8, 4) is 16.9 Å². The Bertz CT molecular complexity index is 1790.